The first kappa shape index (κ1) is 14.9. The largest absolute Gasteiger partial charge is 0.495 e. The van der Waals surface area contributed by atoms with Gasteiger partial charge in [-0.25, -0.2) is 0 Å². The van der Waals surface area contributed by atoms with Crippen LogP contribution in [0.2, 0.25) is 0 Å². The van der Waals surface area contributed by atoms with Crippen molar-refractivity contribution in [1.29, 1.82) is 0 Å². The van der Waals surface area contributed by atoms with Crippen LogP contribution in [0.15, 0.2) is 18.2 Å². The van der Waals surface area contributed by atoms with Crippen molar-refractivity contribution in [3.05, 3.63) is 29.3 Å². The van der Waals surface area contributed by atoms with Gasteiger partial charge in [0.1, 0.15) is 12.4 Å². The Kier molecular flexibility index (Phi) is 5.91. The molecule has 0 aromatic heterocycles. The lowest BCUT2D eigenvalue weighted by Crippen LogP contribution is -2.13. The van der Waals surface area contributed by atoms with Crippen LogP contribution >= 0.6 is 0 Å². The molecule has 3 nitrogen and oxygen atoms in total. The van der Waals surface area contributed by atoms with Crippen molar-refractivity contribution >= 4 is 0 Å². The van der Waals surface area contributed by atoms with Gasteiger partial charge in [0.2, 0.25) is 0 Å². The zero-order chi connectivity index (χ0) is 14.2. The summed E-state index contributed by atoms with van der Waals surface area (Å²) in [7, 11) is 1.62. The summed E-state index contributed by atoms with van der Waals surface area (Å²) in [4.78, 5) is 0. The minimum Gasteiger partial charge on any atom is -0.495 e. The third kappa shape index (κ3) is 4.26. The molecule has 1 N–H and O–H groups in total. The second-order valence-electron chi connectivity index (χ2n) is 5.13. The Hall–Kier alpha value is -1.50. The SMILES string of the molecule is COc1ccc(COCCC2CCC2)cc1C#CCO. The first-order valence-electron chi connectivity index (χ1n) is 7.18. The van der Waals surface area contributed by atoms with Crippen molar-refractivity contribution in [2.75, 3.05) is 20.3 Å². The summed E-state index contributed by atoms with van der Waals surface area (Å²) in [5.41, 5.74) is 1.88. The second-order valence-corrected chi connectivity index (χ2v) is 5.13. The Labute approximate surface area is 120 Å². The van der Waals surface area contributed by atoms with E-state index in [2.05, 4.69) is 11.8 Å². The van der Waals surface area contributed by atoms with Crippen molar-refractivity contribution in [3.8, 4) is 17.6 Å². The van der Waals surface area contributed by atoms with Crippen LogP contribution in [-0.2, 0) is 11.3 Å². The van der Waals surface area contributed by atoms with Crippen molar-refractivity contribution in [1.82, 2.24) is 0 Å². The van der Waals surface area contributed by atoms with Gasteiger partial charge in [0.05, 0.1) is 19.3 Å². The minimum absolute atomic E-state index is 0.148. The van der Waals surface area contributed by atoms with Crippen LogP contribution < -0.4 is 4.74 Å². The molecule has 108 valence electrons. The van der Waals surface area contributed by atoms with E-state index in [1.54, 1.807) is 7.11 Å². The van der Waals surface area contributed by atoms with E-state index in [4.69, 9.17) is 14.6 Å². The van der Waals surface area contributed by atoms with Gasteiger partial charge >= 0.3 is 0 Å². The smallest absolute Gasteiger partial charge is 0.134 e. The van der Waals surface area contributed by atoms with Crippen molar-refractivity contribution < 1.29 is 14.6 Å². The van der Waals surface area contributed by atoms with Crippen LogP contribution in [0.4, 0.5) is 0 Å². The molecule has 0 bridgehead atoms. The summed E-state index contributed by atoms with van der Waals surface area (Å²) in [6.45, 7) is 1.28. The Balaban J connectivity index is 1.86. The van der Waals surface area contributed by atoms with E-state index < -0.39 is 0 Å². The quantitative estimate of drug-likeness (QED) is 0.640. The monoisotopic (exact) mass is 274 g/mol. The van der Waals surface area contributed by atoms with Gasteiger partial charge in [-0.15, -0.1) is 0 Å². The first-order valence-corrected chi connectivity index (χ1v) is 7.18. The lowest BCUT2D eigenvalue weighted by molar-refractivity contribution is 0.0949. The average molecular weight is 274 g/mol. The van der Waals surface area contributed by atoms with E-state index in [1.165, 1.54) is 25.7 Å². The molecule has 0 radical (unpaired) electrons. The highest BCUT2D eigenvalue weighted by Crippen LogP contribution is 2.29. The number of hydrogen-bond acceptors (Lipinski definition) is 3. The van der Waals surface area contributed by atoms with Gasteiger partial charge in [-0.3, -0.25) is 0 Å². The van der Waals surface area contributed by atoms with Crippen LogP contribution in [0, 0.1) is 17.8 Å². The van der Waals surface area contributed by atoms with Gasteiger partial charge in [-0.1, -0.05) is 37.2 Å². The maximum atomic E-state index is 8.78. The average Bonchev–Trinajstić information content (AvgIpc) is 2.43. The van der Waals surface area contributed by atoms with E-state index in [-0.39, 0.29) is 6.61 Å². The molecule has 0 spiro atoms. The summed E-state index contributed by atoms with van der Waals surface area (Å²) >= 11 is 0. The number of aliphatic hydroxyl groups excluding tert-OH is 1. The van der Waals surface area contributed by atoms with E-state index in [0.29, 0.717) is 6.61 Å². The highest BCUT2D eigenvalue weighted by Gasteiger charge is 2.16. The van der Waals surface area contributed by atoms with Crippen LogP contribution in [-0.4, -0.2) is 25.4 Å². The maximum Gasteiger partial charge on any atom is 0.134 e. The minimum atomic E-state index is -0.148. The molecule has 0 saturated heterocycles. The van der Waals surface area contributed by atoms with Crippen molar-refractivity contribution in [2.24, 2.45) is 5.92 Å². The van der Waals surface area contributed by atoms with Gasteiger partial charge in [0.15, 0.2) is 0 Å². The molecule has 0 unspecified atom stereocenters. The van der Waals surface area contributed by atoms with Crippen LogP contribution in [0.1, 0.15) is 36.8 Å². The Morgan fingerprint density at radius 3 is 2.85 bits per heavy atom. The fraction of sp³-hybridized carbons (Fsp3) is 0.529. The maximum absolute atomic E-state index is 8.78. The molecule has 0 aliphatic heterocycles. The molecule has 0 heterocycles. The summed E-state index contributed by atoms with van der Waals surface area (Å²) in [5.74, 6) is 7.16. The lowest BCUT2D eigenvalue weighted by Gasteiger charge is -2.24. The third-order valence-electron chi connectivity index (χ3n) is 3.73. The van der Waals surface area contributed by atoms with Crippen LogP contribution in [0.3, 0.4) is 0 Å². The molecular formula is C17H22O3. The third-order valence-corrected chi connectivity index (χ3v) is 3.73. The standard InChI is InChI=1S/C17H22O3/c1-19-17-8-7-15(12-16(17)6-3-10-18)13-20-11-9-14-4-2-5-14/h7-8,12,14,18H,2,4-5,9-11,13H2,1H3. The van der Waals surface area contributed by atoms with Crippen molar-refractivity contribution in [3.63, 3.8) is 0 Å². The van der Waals surface area contributed by atoms with E-state index in [1.807, 2.05) is 18.2 Å². The molecule has 1 aromatic rings. The summed E-state index contributed by atoms with van der Waals surface area (Å²) in [6.07, 6.45) is 5.29. The molecule has 1 fully saturated rings. The molecule has 3 heteroatoms. The highest BCUT2D eigenvalue weighted by atomic mass is 16.5. The topological polar surface area (TPSA) is 38.7 Å². The molecule has 2 rings (SSSR count). The summed E-state index contributed by atoms with van der Waals surface area (Å²) in [6, 6.07) is 5.85. The molecule has 1 saturated carbocycles. The van der Waals surface area contributed by atoms with Crippen LogP contribution in [0.5, 0.6) is 5.75 Å². The van der Waals surface area contributed by atoms with Crippen LogP contribution in [0.25, 0.3) is 0 Å². The fourth-order valence-corrected chi connectivity index (χ4v) is 2.30. The Morgan fingerprint density at radius 1 is 1.35 bits per heavy atom. The molecule has 20 heavy (non-hydrogen) atoms. The normalized spacial score (nSPS) is 14.3. The first-order chi connectivity index (χ1) is 9.83. The summed E-state index contributed by atoms with van der Waals surface area (Å²) in [5, 5.41) is 8.78. The number of rotatable bonds is 6. The van der Waals surface area contributed by atoms with Gasteiger partial charge in [0.25, 0.3) is 0 Å². The number of benzene rings is 1. The highest BCUT2D eigenvalue weighted by molar-refractivity contribution is 5.48. The van der Waals surface area contributed by atoms with Gasteiger partial charge in [-0.05, 0) is 30.0 Å². The van der Waals surface area contributed by atoms with Crippen molar-refractivity contribution in [2.45, 2.75) is 32.3 Å². The number of methoxy groups -OCH3 is 1. The zero-order valence-corrected chi connectivity index (χ0v) is 12.0. The molecule has 0 amide bonds. The van der Waals surface area contributed by atoms with E-state index in [0.717, 1.165) is 29.4 Å². The van der Waals surface area contributed by atoms with E-state index >= 15 is 0 Å². The predicted octanol–water partition coefficient (Wildman–Crippen LogP) is 2.75. The molecule has 1 aliphatic rings. The second kappa shape index (κ2) is 7.94. The number of hydrogen-bond donors (Lipinski definition) is 1. The van der Waals surface area contributed by atoms with E-state index in [9.17, 15) is 0 Å². The van der Waals surface area contributed by atoms with Gasteiger partial charge in [-0.2, -0.15) is 0 Å². The number of aliphatic hydroxyl groups is 1. The molecule has 0 atom stereocenters. The molecule has 1 aliphatic carbocycles. The number of ether oxygens (including phenoxy) is 2. The predicted molar refractivity (Wildman–Crippen MR) is 78.6 cm³/mol. The van der Waals surface area contributed by atoms with Gasteiger partial charge < -0.3 is 14.6 Å². The van der Waals surface area contributed by atoms with Gasteiger partial charge in [0, 0.05) is 6.61 Å². The molecule has 1 aromatic carbocycles. The Bertz CT molecular complexity index is 481. The lowest BCUT2D eigenvalue weighted by atomic mass is 9.83. The molecular weight excluding hydrogens is 252 g/mol. The fourth-order valence-electron chi connectivity index (χ4n) is 2.30. The summed E-state index contributed by atoms with van der Waals surface area (Å²) < 4.78 is 11.0. The Morgan fingerprint density at radius 2 is 2.20 bits per heavy atom. The zero-order valence-electron chi connectivity index (χ0n) is 12.0.